The van der Waals surface area contributed by atoms with Gasteiger partial charge < -0.3 is 14.8 Å². The van der Waals surface area contributed by atoms with Crippen molar-refractivity contribution in [3.8, 4) is 11.5 Å². The summed E-state index contributed by atoms with van der Waals surface area (Å²) in [6.45, 7) is 4.34. The van der Waals surface area contributed by atoms with Gasteiger partial charge >= 0.3 is 0 Å². The average Bonchev–Trinajstić information content (AvgIpc) is 3.11. The molecule has 0 aliphatic heterocycles. The van der Waals surface area contributed by atoms with Crippen molar-refractivity contribution in [2.24, 2.45) is 0 Å². The summed E-state index contributed by atoms with van der Waals surface area (Å²) >= 11 is 0. The molecule has 0 heterocycles. The maximum absolute atomic E-state index is 5.60. The molecule has 0 radical (unpaired) electrons. The van der Waals surface area contributed by atoms with Crippen LogP contribution in [0.25, 0.3) is 0 Å². The zero-order valence-electron chi connectivity index (χ0n) is 10.1. The number of halogens is 1. The van der Waals surface area contributed by atoms with Crippen molar-refractivity contribution in [2.75, 3.05) is 19.8 Å². The molecule has 1 aromatic rings. The van der Waals surface area contributed by atoms with Crippen LogP contribution in [-0.4, -0.2) is 25.8 Å². The van der Waals surface area contributed by atoms with E-state index >= 15 is 0 Å². The van der Waals surface area contributed by atoms with Crippen LogP contribution in [0.3, 0.4) is 0 Å². The molecule has 2 rings (SSSR count). The Morgan fingerprint density at radius 1 is 1.12 bits per heavy atom. The Hall–Kier alpha value is -0.930. The van der Waals surface area contributed by atoms with E-state index in [1.165, 1.54) is 12.8 Å². The van der Waals surface area contributed by atoms with Gasteiger partial charge in [0.1, 0.15) is 18.1 Å². The van der Waals surface area contributed by atoms with Gasteiger partial charge in [0.25, 0.3) is 0 Å². The summed E-state index contributed by atoms with van der Waals surface area (Å²) in [6.07, 6.45) is 2.64. The molecule has 96 valence electrons. The fourth-order valence-corrected chi connectivity index (χ4v) is 1.52. The van der Waals surface area contributed by atoms with E-state index in [2.05, 4.69) is 5.32 Å². The molecular formula is C13H20ClNO2. The van der Waals surface area contributed by atoms with E-state index in [1.807, 2.05) is 31.2 Å². The van der Waals surface area contributed by atoms with Crippen molar-refractivity contribution >= 4 is 12.4 Å². The quantitative estimate of drug-likeness (QED) is 0.762. The van der Waals surface area contributed by atoms with E-state index in [9.17, 15) is 0 Å². The van der Waals surface area contributed by atoms with Gasteiger partial charge in [-0.05, 0) is 44.0 Å². The van der Waals surface area contributed by atoms with Crippen molar-refractivity contribution in [2.45, 2.75) is 25.8 Å². The number of hydrogen-bond donors (Lipinski definition) is 1. The summed E-state index contributed by atoms with van der Waals surface area (Å²) in [5.41, 5.74) is 0. The van der Waals surface area contributed by atoms with Gasteiger partial charge in [-0.2, -0.15) is 0 Å². The standard InChI is InChI=1S/C13H19NO2.ClH/c1-2-15-12-5-7-13(8-6-12)16-10-9-14-11-3-4-11;/h5-8,11,14H,2-4,9-10H2,1H3;1H. The van der Waals surface area contributed by atoms with Crippen molar-refractivity contribution in [3.63, 3.8) is 0 Å². The zero-order chi connectivity index (χ0) is 11.2. The van der Waals surface area contributed by atoms with Crippen LogP contribution in [0, 0.1) is 0 Å². The summed E-state index contributed by atoms with van der Waals surface area (Å²) in [6, 6.07) is 8.52. The van der Waals surface area contributed by atoms with Crippen molar-refractivity contribution < 1.29 is 9.47 Å². The van der Waals surface area contributed by atoms with Crippen LogP contribution in [0.5, 0.6) is 11.5 Å². The van der Waals surface area contributed by atoms with Crippen LogP contribution >= 0.6 is 12.4 Å². The van der Waals surface area contributed by atoms with E-state index in [1.54, 1.807) is 0 Å². The van der Waals surface area contributed by atoms with E-state index < -0.39 is 0 Å². The van der Waals surface area contributed by atoms with E-state index in [4.69, 9.17) is 9.47 Å². The minimum atomic E-state index is 0. The second kappa shape index (κ2) is 7.41. The fourth-order valence-electron chi connectivity index (χ4n) is 1.52. The first-order chi connectivity index (χ1) is 7.88. The molecule has 1 N–H and O–H groups in total. The van der Waals surface area contributed by atoms with Crippen LogP contribution < -0.4 is 14.8 Å². The summed E-state index contributed by atoms with van der Waals surface area (Å²) in [5.74, 6) is 1.80. The topological polar surface area (TPSA) is 30.5 Å². The predicted octanol–water partition coefficient (Wildman–Crippen LogP) is 2.64. The molecule has 0 saturated heterocycles. The first kappa shape index (κ1) is 14.1. The van der Waals surface area contributed by atoms with Crippen molar-refractivity contribution in [1.82, 2.24) is 5.32 Å². The highest BCUT2D eigenvalue weighted by Crippen LogP contribution is 2.19. The third kappa shape index (κ3) is 5.29. The Kier molecular flexibility index (Phi) is 6.16. The molecule has 4 heteroatoms. The lowest BCUT2D eigenvalue weighted by Crippen LogP contribution is -2.22. The Balaban J connectivity index is 0.00000144. The largest absolute Gasteiger partial charge is 0.494 e. The third-order valence-corrected chi connectivity index (χ3v) is 2.52. The molecule has 1 aromatic carbocycles. The fraction of sp³-hybridized carbons (Fsp3) is 0.538. The molecular weight excluding hydrogens is 238 g/mol. The highest BCUT2D eigenvalue weighted by atomic mass is 35.5. The van der Waals surface area contributed by atoms with E-state index in [0.717, 1.165) is 30.7 Å². The van der Waals surface area contributed by atoms with Gasteiger partial charge in [0.15, 0.2) is 0 Å². The molecule has 17 heavy (non-hydrogen) atoms. The van der Waals surface area contributed by atoms with Gasteiger partial charge in [-0.3, -0.25) is 0 Å². The average molecular weight is 258 g/mol. The Bertz CT molecular complexity index is 312. The number of ether oxygens (including phenoxy) is 2. The molecule has 0 unspecified atom stereocenters. The predicted molar refractivity (Wildman–Crippen MR) is 71.4 cm³/mol. The Morgan fingerprint density at radius 3 is 2.24 bits per heavy atom. The van der Waals surface area contributed by atoms with Crippen LogP contribution in [0.15, 0.2) is 24.3 Å². The second-order valence-corrected chi connectivity index (χ2v) is 3.98. The lowest BCUT2D eigenvalue weighted by molar-refractivity contribution is 0.311. The molecule has 0 bridgehead atoms. The van der Waals surface area contributed by atoms with Crippen LogP contribution in [0.4, 0.5) is 0 Å². The Labute approximate surface area is 109 Å². The van der Waals surface area contributed by atoms with E-state index in [0.29, 0.717) is 6.61 Å². The number of rotatable bonds is 7. The molecule has 0 spiro atoms. The van der Waals surface area contributed by atoms with Gasteiger partial charge in [-0.15, -0.1) is 12.4 Å². The van der Waals surface area contributed by atoms with E-state index in [-0.39, 0.29) is 12.4 Å². The number of benzene rings is 1. The number of nitrogens with one attached hydrogen (secondary N) is 1. The molecule has 1 fully saturated rings. The van der Waals surface area contributed by atoms with Gasteiger partial charge in [-0.25, -0.2) is 0 Å². The summed E-state index contributed by atoms with van der Waals surface area (Å²) in [4.78, 5) is 0. The Morgan fingerprint density at radius 2 is 1.71 bits per heavy atom. The first-order valence-electron chi connectivity index (χ1n) is 5.97. The summed E-state index contributed by atoms with van der Waals surface area (Å²) < 4.78 is 11.0. The van der Waals surface area contributed by atoms with Crippen LogP contribution in [-0.2, 0) is 0 Å². The minimum absolute atomic E-state index is 0. The van der Waals surface area contributed by atoms with Gasteiger partial charge in [-0.1, -0.05) is 0 Å². The molecule has 0 aromatic heterocycles. The summed E-state index contributed by atoms with van der Waals surface area (Å²) in [7, 11) is 0. The second-order valence-electron chi connectivity index (χ2n) is 3.98. The molecule has 3 nitrogen and oxygen atoms in total. The van der Waals surface area contributed by atoms with Gasteiger partial charge in [0, 0.05) is 12.6 Å². The van der Waals surface area contributed by atoms with Crippen molar-refractivity contribution in [1.29, 1.82) is 0 Å². The summed E-state index contributed by atoms with van der Waals surface area (Å²) in [5, 5.41) is 3.41. The lowest BCUT2D eigenvalue weighted by Gasteiger charge is -2.08. The monoisotopic (exact) mass is 257 g/mol. The number of hydrogen-bond acceptors (Lipinski definition) is 3. The van der Waals surface area contributed by atoms with Crippen LogP contribution in [0.2, 0.25) is 0 Å². The zero-order valence-corrected chi connectivity index (χ0v) is 11.0. The normalized spacial score (nSPS) is 13.9. The lowest BCUT2D eigenvalue weighted by atomic mass is 10.3. The SMILES string of the molecule is CCOc1ccc(OCCNC2CC2)cc1.Cl. The van der Waals surface area contributed by atoms with Gasteiger partial charge in [0.2, 0.25) is 0 Å². The molecule has 0 atom stereocenters. The maximum atomic E-state index is 5.60. The van der Waals surface area contributed by atoms with Gasteiger partial charge in [0.05, 0.1) is 6.61 Å². The molecule has 1 saturated carbocycles. The highest BCUT2D eigenvalue weighted by Gasteiger charge is 2.19. The highest BCUT2D eigenvalue weighted by molar-refractivity contribution is 5.85. The molecule has 0 amide bonds. The molecule has 1 aliphatic rings. The van der Waals surface area contributed by atoms with Crippen molar-refractivity contribution in [3.05, 3.63) is 24.3 Å². The smallest absolute Gasteiger partial charge is 0.119 e. The van der Waals surface area contributed by atoms with Crippen LogP contribution in [0.1, 0.15) is 19.8 Å². The minimum Gasteiger partial charge on any atom is -0.494 e. The first-order valence-corrected chi connectivity index (χ1v) is 5.97. The maximum Gasteiger partial charge on any atom is 0.119 e. The third-order valence-electron chi connectivity index (χ3n) is 2.52. The molecule has 1 aliphatic carbocycles.